The Morgan fingerprint density at radius 2 is 2.03 bits per heavy atom. The Kier molecular flexibility index (Phi) is 4.85. The van der Waals surface area contributed by atoms with Crippen LogP contribution in [0.5, 0.6) is 11.5 Å². The molecule has 6 heteroatoms. The SMILES string of the molecule is Cn1c(Cc2ccc3c(c2)OCC3)nc2cc(OC3CCC(C(=O)O)CC3)ccc21. The molecule has 0 atom stereocenters. The summed E-state index contributed by atoms with van der Waals surface area (Å²) in [4.78, 5) is 16.0. The summed E-state index contributed by atoms with van der Waals surface area (Å²) < 4.78 is 14.0. The number of rotatable bonds is 5. The Hall–Kier alpha value is -3.02. The standard InChI is InChI=1S/C24H26N2O4/c1-26-21-9-8-19(30-18-6-4-17(5-7-18)24(27)28)14-20(21)25-23(26)13-15-2-3-16-10-11-29-22(16)12-15/h2-3,8-9,12,14,17-18H,4-7,10-11,13H2,1H3,(H,27,28). The van der Waals surface area contributed by atoms with E-state index in [1.54, 1.807) is 0 Å². The van der Waals surface area contributed by atoms with Gasteiger partial charge in [-0.25, -0.2) is 4.98 Å². The lowest BCUT2D eigenvalue weighted by molar-refractivity contribution is -0.143. The van der Waals surface area contributed by atoms with Crippen LogP contribution in [0.2, 0.25) is 0 Å². The van der Waals surface area contributed by atoms with Gasteiger partial charge in [0.15, 0.2) is 0 Å². The van der Waals surface area contributed by atoms with Crippen LogP contribution in [0.4, 0.5) is 0 Å². The molecule has 2 aromatic carbocycles. The van der Waals surface area contributed by atoms with Crippen molar-refractivity contribution in [2.75, 3.05) is 6.61 Å². The molecule has 1 aromatic heterocycles. The van der Waals surface area contributed by atoms with Gasteiger partial charge in [0.25, 0.3) is 0 Å². The molecular formula is C24H26N2O4. The van der Waals surface area contributed by atoms with Crippen LogP contribution in [0.15, 0.2) is 36.4 Å². The fraction of sp³-hybridized carbons (Fsp3) is 0.417. The second-order valence-electron chi connectivity index (χ2n) is 8.38. The molecule has 156 valence electrons. The normalized spacial score (nSPS) is 20.7. The van der Waals surface area contributed by atoms with E-state index < -0.39 is 5.97 Å². The zero-order valence-corrected chi connectivity index (χ0v) is 17.1. The first-order chi connectivity index (χ1) is 14.6. The van der Waals surface area contributed by atoms with Crippen LogP contribution in [-0.2, 0) is 24.7 Å². The molecule has 0 spiro atoms. The molecule has 2 heterocycles. The summed E-state index contributed by atoms with van der Waals surface area (Å²) in [6, 6.07) is 12.5. The Labute approximate surface area is 175 Å². The molecule has 30 heavy (non-hydrogen) atoms. The number of fused-ring (bicyclic) bond motifs is 2. The van der Waals surface area contributed by atoms with Crippen molar-refractivity contribution >= 4 is 17.0 Å². The van der Waals surface area contributed by atoms with Crippen molar-refractivity contribution in [2.45, 2.75) is 44.6 Å². The largest absolute Gasteiger partial charge is 0.493 e. The van der Waals surface area contributed by atoms with Crippen LogP contribution in [-0.4, -0.2) is 33.3 Å². The molecule has 5 rings (SSSR count). The lowest BCUT2D eigenvalue weighted by Gasteiger charge is -2.26. The minimum absolute atomic E-state index is 0.0765. The smallest absolute Gasteiger partial charge is 0.306 e. The van der Waals surface area contributed by atoms with Gasteiger partial charge in [0, 0.05) is 26.0 Å². The molecule has 1 aliphatic heterocycles. The average molecular weight is 406 g/mol. The molecule has 6 nitrogen and oxygen atoms in total. The summed E-state index contributed by atoms with van der Waals surface area (Å²) in [5.41, 5.74) is 4.47. The first-order valence-electron chi connectivity index (χ1n) is 10.7. The predicted octanol–water partition coefficient (Wildman–Crippen LogP) is 4.12. The highest BCUT2D eigenvalue weighted by Crippen LogP contribution is 2.30. The number of nitrogens with zero attached hydrogens (tertiary/aromatic N) is 2. The van der Waals surface area contributed by atoms with Gasteiger partial charge in [0.2, 0.25) is 0 Å². The second-order valence-corrected chi connectivity index (χ2v) is 8.38. The molecule has 1 aliphatic carbocycles. The van der Waals surface area contributed by atoms with Crippen LogP contribution in [0.25, 0.3) is 11.0 Å². The number of hydrogen-bond acceptors (Lipinski definition) is 4. The molecule has 0 amide bonds. The van der Waals surface area contributed by atoms with Crippen molar-refractivity contribution in [3.05, 3.63) is 53.3 Å². The minimum Gasteiger partial charge on any atom is -0.493 e. The number of carboxylic acids is 1. The maximum atomic E-state index is 11.1. The number of aryl methyl sites for hydroxylation is 1. The van der Waals surface area contributed by atoms with Gasteiger partial charge in [-0.15, -0.1) is 0 Å². The Balaban J connectivity index is 1.31. The quantitative estimate of drug-likeness (QED) is 0.690. The van der Waals surface area contributed by atoms with Gasteiger partial charge < -0.3 is 19.1 Å². The average Bonchev–Trinajstić information content (AvgIpc) is 3.32. The third-order valence-corrected chi connectivity index (χ3v) is 6.39. The monoisotopic (exact) mass is 406 g/mol. The van der Waals surface area contributed by atoms with E-state index in [0.717, 1.165) is 60.6 Å². The summed E-state index contributed by atoms with van der Waals surface area (Å²) in [7, 11) is 2.04. The highest BCUT2D eigenvalue weighted by atomic mass is 16.5. The van der Waals surface area contributed by atoms with E-state index in [0.29, 0.717) is 12.8 Å². The van der Waals surface area contributed by atoms with Crippen LogP contribution < -0.4 is 9.47 Å². The van der Waals surface area contributed by atoms with E-state index in [9.17, 15) is 4.79 Å². The van der Waals surface area contributed by atoms with Crippen molar-refractivity contribution in [3.63, 3.8) is 0 Å². The van der Waals surface area contributed by atoms with Crippen LogP contribution in [0.1, 0.15) is 42.6 Å². The molecule has 3 aromatic rings. The molecule has 0 unspecified atom stereocenters. The summed E-state index contributed by atoms with van der Waals surface area (Å²) in [5, 5.41) is 9.15. The van der Waals surface area contributed by atoms with Crippen molar-refractivity contribution < 1.29 is 19.4 Å². The number of carbonyl (C=O) groups is 1. The lowest BCUT2D eigenvalue weighted by atomic mass is 9.87. The topological polar surface area (TPSA) is 73.6 Å². The molecule has 1 saturated carbocycles. The zero-order chi connectivity index (χ0) is 20.7. The van der Waals surface area contributed by atoms with E-state index >= 15 is 0 Å². The van der Waals surface area contributed by atoms with Crippen molar-refractivity contribution in [3.8, 4) is 11.5 Å². The molecule has 2 aliphatic rings. The molecular weight excluding hydrogens is 380 g/mol. The zero-order valence-electron chi connectivity index (χ0n) is 17.1. The van der Waals surface area contributed by atoms with Crippen LogP contribution >= 0.6 is 0 Å². The molecule has 1 N–H and O–H groups in total. The fourth-order valence-corrected chi connectivity index (χ4v) is 4.58. The first kappa shape index (κ1) is 19.0. The predicted molar refractivity (Wildman–Crippen MR) is 113 cm³/mol. The van der Waals surface area contributed by atoms with Crippen LogP contribution in [0.3, 0.4) is 0 Å². The first-order valence-corrected chi connectivity index (χ1v) is 10.7. The Morgan fingerprint density at radius 3 is 2.83 bits per heavy atom. The van der Waals surface area contributed by atoms with Crippen molar-refractivity contribution in [1.82, 2.24) is 9.55 Å². The summed E-state index contributed by atoms with van der Waals surface area (Å²) in [5.74, 6) is 1.89. The third kappa shape index (κ3) is 3.62. The number of aromatic nitrogens is 2. The number of imidazole rings is 1. The van der Waals surface area contributed by atoms with E-state index in [-0.39, 0.29) is 12.0 Å². The van der Waals surface area contributed by atoms with Gasteiger partial charge in [-0.3, -0.25) is 4.79 Å². The van der Waals surface area contributed by atoms with Gasteiger partial charge in [0.05, 0.1) is 29.7 Å². The van der Waals surface area contributed by atoms with Crippen molar-refractivity contribution in [1.29, 1.82) is 0 Å². The van der Waals surface area contributed by atoms with E-state index in [2.05, 4.69) is 28.8 Å². The summed E-state index contributed by atoms with van der Waals surface area (Å²) >= 11 is 0. The lowest BCUT2D eigenvalue weighted by Crippen LogP contribution is -2.27. The van der Waals surface area contributed by atoms with Gasteiger partial charge in [0.1, 0.15) is 17.3 Å². The number of hydrogen-bond donors (Lipinski definition) is 1. The molecule has 0 bridgehead atoms. The summed E-state index contributed by atoms with van der Waals surface area (Å²) in [6.07, 6.45) is 4.74. The van der Waals surface area contributed by atoms with Gasteiger partial charge >= 0.3 is 5.97 Å². The third-order valence-electron chi connectivity index (χ3n) is 6.39. The number of ether oxygens (including phenoxy) is 2. The van der Waals surface area contributed by atoms with E-state index in [1.165, 1.54) is 11.1 Å². The van der Waals surface area contributed by atoms with Crippen LogP contribution in [0, 0.1) is 5.92 Å². The Bertz CT molecular complexity index is 1100. The minimum atomic E-state index is -0.689. The van der Waals surface area contributed by atoms with E-state index in [4.69, 9.17) is 19.6 Å². The van der Waals surface area contributed by atoms with Crippen molar-refractivity contribution in [2.24, 2.45) is 13.0 Å². The number of aliphatic carboxylic acids is 1. The van der Waals surface area contributed by atoms with E-state index in [1.807, 2.05) is 19.2 Å². The second kappa shape index (κ2) is 7.67. The van der Waals surface area contributed by atoms with Gasteiger partial charge in [-0.05, 0) is 55.0 Å². The maximum Gasteiger partial charge on any atom is 0.306 e. The molecule has 0 saturated heterocycles. The highest BCUT2D eigenvalue weighted by molar-refractivity contribution is 5.78. The summed E-state index contributed by atoms with van der Waals surface area (Å²) in [6.45, 7) is 0.770. The number of carboxylic acid groups (broad SMARTS) is 1. The molecule has 0 radical (unpaired) electrons. The number of benzene rings is 2. The molecule has 1 fully saturated rings. The highest BCUT2D eigenvalue weighted by Gasteiger charge is 2.27. The maximum absolute atomic E-state index is 11.1. The van der Waals surface area contributed by atoms with Gasteiger partial charge in [-0.1, -0.05) is 12.1 Å². The van der Waals surface area contributed by atoms with Gasteiger partial charge in [-0.2, -0.15) is 0 Å². The fourth-order valence-electron chi connectivity index (χ4n) is 4.58. The Morgan fingerprint density at radius 1 is 1.20 bits per heavy atom.